The summed E-state index contributed by atoms with van der Waals surface area (Å²) in [6.07, 6.45) is 3.21. The third kappa shape index (κ3) is 2.87. The molecule has 18 heavy (non-hydrogen) atoms. The first-order valence-corrected chi connectivity index (χ1v) is 6.20. The van der Waals surface area contributed by atoms with E-state index in [-0.39, 0.29) is 0 Å². The molecule has 0 saturated heterocycles. The molecule has 0 bridgehead atoms. The Kier molecular flexibility index (Phi) is 4.30. The lowest BCUT2D eigenvalue weighted by Crippen LogP contribution is -2.00. The number of nitrogens with two attached hydrogens (primary N) is 1. The molecule has 0 spiro atoms. The third-order valence-corrected chi connectivity index (χ3v) is 3.30. The quantitative estimate of drug-likeness (QED) is 0.860. The highest BCUT2D eigenvalue weighted by Gasteiger charge is 2.10. The van der Waals surface area contributed by atoms with Crippen molar-refractivity contribution in [2.75, 3.05) is 0 Å². The second-order valence-corrected chi connectivity index (χ2v) is 4.71. The summed E-state index contributed by atoms with van der Waals surface area (Å²) in [6, 6.07) is 4.86. The van der Waals surface area contributed by atoms with Crippen LogP contribution in [0.1, 0.15) is 5.56 Å². The largest absolute Gasteiger partial charge is 0.454 e. The number of halogens is 3. The molecule has 2 N–H and O–H groups in total. The van der Waals surface area contributed by atoms with Crippen molar-refractivity contribution in [1.29, 1.82) is 0 Å². The lowest BCUT2D eigenvalue weighted by molar-refractivity contribution is 0.474. The van der Waals surface area contributed by atoms with Gasteiger partial charge in [-0.2, -0.15) is 0 Å². The van der Waals surface area contributed by atoms with Crippen molar-refractivity contribution in [2.24, 2.45) is 5.73 Å². The van der Waals surface area contributed by atoms with Gasteiger partial charge in [-0.05, 0) is 12.1 Å². The molecule has 2 aromatic rings. The van der Waals surface area contributed by atoms with E-state index in [1.54, 1.807) is 24.5 Å². The first-order chi connectivity index (χ1) is 8.61. The number of nitrogens with zero attached hydrogens (tertiary/aromatic N) is 1. The summed E-state index contributed by atoms with van der Waals surface area (Å²) in [5.74, 6) is 0.953. The summed E-state index contributed by atoms with van der Waals surface area (Å²) in [5, 5.41) is 1.12. The number of pyridine rings is 1. The molecule has 0 aliphatic carbocycles. The minimum Gasteiger partial charge on any atom is -0.454 e. The third-order valence-electron chi connectivity index (χ3n) is 2.28. The first-order valence-electron chi connectivity index (χ1n) is 5.07. The molecule has 0 fully saturated rings. The van der Waals surface area contributed by atoms with Gasteiger partial charge in [0.1, 0.15) is 11.5 Å². The molecule has 1 heterocycles. The molecular weight excluding hydrogens is 295 g/mol. The van der Waals surface area contributed by atoms with Crippen LogP contribution in [-0.2, 0) is 6.54 Å². The Hall–Kier alpha value is -1.000. The maximum Gasteiger partial charge on any atom is 0.150 e. The Balaban J connectivity index is 2.37. The van der Waals surface area contributed by atoms with E-state index in [1.165, 1.54) is 6.07 Å². The minimum absolute atomic E-state index is 0.344. The molecule has 0 aliphatic heterocycles. The van der Waals surface area contributed by atoms with Crippen molar-refractivity contribution in [2.45, 2.75) is 6.54 Å². The Bertz CT molecular complexity index is 575. The zero-order valence-corrected chi connectivity index (χ0v) is 11.4. The smallest absolute Gasteiger partial charge is 0.150 e. The Morgan fingerprint density at radius 3 is 2.50 bits per heavy atom. The molecule has 2 rings (SSSR count). The predicted molar refractivity (Wildman–Crippen MR) is 73.7 cm³/mol. The van der Waals surface area contributed by atoms with Crippen LogP contribution in [0.2, 0.25) is 15.1 Å². The van der Waals surface area contributed by atoms with Crippen LogP contribution in [0, 0.1) is 0 Å². The fourth-order valence-corrected chi connectivity index (χ4v) is 1.95. The Morgan fingerprint density at radius 2 is 1.78 bits per heavy atom. The van der Waals surface area contributed by atoms with Crippen LogP contribution in [0.25, 0.3) is 0 Å². The molecule has 0 amide bonds. The van der Waals surface area contributed by atoms with Crippen molar-refractivity contribution in [3.05, 3.63) is 51.2 Å². The van der Waals surface area contributed by atoms with Gasteiger partial charge in [0.25, 0.3) is 0 Å². The summed E-state index contributed by atoms with van der Waals surface area (Å²) >= 11 is 17.8. The van der Waals surface area contributed by atoms with Gasteiger partial charge < -0.3 is 10.5 Å². The number of hydrogen-bond donors (Lipinski definition) is 1. The van der Waals surface area contributed by atoms with Gasteiger partial charge in [0.05, 0.1) is 21.3 Å². The highest BCUT2D eigenvalue weighted by atomic mass is 35.5. The monoisotopic (exact) mass is 302 g/mol. The number of hydrogen-bond acceptors (Lipinski definition) is 3. The molecule has 0 atom stereocenters. The maximum absolute atomic E-state index is 6.03. The van der Waals surface area contributed by atoms with Crippen LogP contribution >= 0.6 is 34.8 Å². The van der Waals surface area contributed by atoms with Crippen LogP contribution in [-0.4, -0.2) is 4.98 Å². The second kappa shape index (κ2) is 5.76. The van der Waals surface area contributed by atoms with E-state index >= 15 is 0 Å². The molecule has 3 nitrogen and oxygen atoms in total. The molecule has 0 radical (unpaired) electrons. The van der Waals surface area contributed by atoms with Crippen LogP contribution in [0.15, 0.2) is 30.6 Å². The highest BCUT2D eigenvalue weighted by molar-refractivity contribution is 6.43. The first kappa shape index (κ1) is 13.4. The van der Waals surface area contributed by atoms with Crippen molar-refractivity contribution in [1.82, 2.24) is 4.98 Å². The topological polar surface area (TPSA) is 48.1 Å². The Labute approximate surface area is 119 Å². The number of ether oxygens (including phenoxy) is 1. The minimum atomic E-state index is 0.344. The van der Waals surface area contributed by atoms with Gasteiger partial charge in [0, 0.05) is 24.4 Å². The normalized spacial score (nSPS) is 10.4. The summed E-state index contributed by atoms with van der Waals surface area (Å²) < 4.78 is 5.65. The summed E-state index contributed by atoms with van der Waals surface area (Å²) in [5.41, 5.74) is 6.43. The van der Waals surface area contributed by atoms with E-state index in [0.29, 0.717) is 33.1 Å². The van der Waals surface area contributed by atoms with E-state index in [9.17, 15) is 0 Å². The maximum atomic E-state index is 6.03. The molecule has 1 aromatic carbocycles. The van der Waals surface area contributed by atoms with Crippen LogP contribution in [0.3, 0.4) is 0 Å². The van der Waals surface area contributed by atoms with E-state index < -0.39 is 0 Å². The number of benzene rings is 1. The van der Waals surface area contributed by atoms with Crippen LogP contribution < -0.4 is 10.5 Å². The van der Waals surface area contributed by atoms with Gasteiger partial charge in [-0.3, -0.25) is 4.98 Å². The SMILES string of the molecule is NCc1ccncc1Oc1cc(Cl)c(Cl)cc1Cl. The zero-order valence-electron chi connectivity index (χ0n) is 9.16. The van der Waals surface area contributed by atoms with Crippen molar-refractivity contribution in [3.63, 3.8) is 0 Å². The predicted octanol–water partition coefficient (Wildman–Crippen LogP) is 4.29. The lowest BCUT2D eigenvalue weighted by Gasteiger charge is -2.11. The zero-order chi connectivity index (χ0) is 13.1. The molecule has 1 aromatic heterocycles. The van der Waals surface area contributed by atoms with Gasteiger partial charge in [0.15, 0.2) is 0 Å². The fraction of sp³-hybridized carbons (Fsp3) is 0.0833. The van der Waals surface area contributed by atoms with Gasteiger partial charge in [-0.15, -0.1) is 0 Å². The lowest BCUT2D eigenvalue weighted by atomic mass is 10.2. The average molecular weight is 304 g/mol. The molecule has 0 saturated carbocycles. The van der Waals surface area contributed by atoms with E-state index in [1.807, 2.05) is 0 Å². The van der Waals surface area contributed by atoms with E-state index in [0.717, 1.165) is 5.56 Å². The molecule has 94 valence electrons. The molecule has 0 unspecified atom stereocenters. The average Bonchev–Trinajstić information content (AvgIpc) is 2.36. The van der Waals surface area contributed by atoms with Crippen LogP contribution in [0.4, 0.5) is 0 Å². The Morgan fingerprint density at radius 1 is 1.06 bits per heavy atom. The molecule has 6 heteroatoms. The second-order valence-electron chi connectivity index (χ2n) is 3.49. The van der Waals surface area contributed by atoms with Gasteiger partial charge >= 0.3 is 0 Å². The standard InChI is InChI=1S/C12H9Cl3N2O/c13-8-3-10(15)11(4-9(8)14)18-12-6-17-2-1-7(12)5-16/h1-4,6H,5,16H2. The fourth-order valence-electron chi connectivity index (χ4n) is 1.37. The van der Waals surface area contributed by atoms with Crippen LogP contribution in [0.5, 0.6) is 11.5 Å². The van der Waals surface area contributed by atoms with E-state index in [2.05, 4.69) is 4.98 Å². The van der Waals surface area contributed by atoms with Crippen molar-refractivity contribution >= 4 is 34.8 Å². The summed E-state index contributed by atoms with van der Waals surface area (Å²) in [7, 11) is 0. The number of aromatic nitrogens is 1. The van der Waals surface area contributed by atoms with Gasteiger partial charge in [0.2, 0.25) is 0 Å². The molecule has 0 aliphatic rings. The summed E-state index contributed by atoms with van der Waals surface area (Å²) in [4.78, 5) is 3.98. The highest BCUT2D eigenvalue weighted by Crippen LogP contribution is 2.36. The number of rotatable bonds is 3. The van der Waals surface area contributed by atoms with E-state index in [4.69, 9.17) is 45.3 Å². The van der Waals surface area contributed by atoms with Gasteiger partial charge in [-0.1, -0.05) is 34.8 Å². The molecular formula is C12H9Cl3N2O. The van der Waals surface area contributed by atoms with Crippen molar-refractivity contribution < 1.29 is 4.74 Å². The van der Waals surface area contributed by atoms with Crippen molar-refractivity contribution in [3.8, 4) is 11.5 Å². The summed E-state index contributed by atoms with van der Waals surface area (Å²) in [6.45, 7) is 0.344. The van der Waals surface area contributed by atoms with Gasteiger partial charge in [-0.25, -0.2) is 0 Å².